The van der Waals surface area contributed by atoms with E-state index in [2.05, 4.69) is 0 Å². The van der Waals surface area contributed by atoms with Crippen LogP contribution in [0, 0.1) is 0 Å². The maximum absolute atomic E-state index is 11.6. The third kappa shape index (κ3) is 0.954. The molecule has 0 aromatic rings. The van der Waals surface area contributed by atoms with Gasteiger partial charge in [-0.2, -0.15) is 0 Å². The van der Waals surface area contributed by atoms with E-state index in [9.17, 15) is 17.3 Å². The van der Waals surface area contributed by atoms with Gasteiger partial charge in [0.25, 0.3) is 0 Å². The summed E-state index contributed by atoms with van der Waals surface area (Å²) in [5.74, 6) is -1.59. The molecule has 0 radical (unpaired) electrons. The van der Waals surface area contributed by atoms with Gasteiger partial charge in [0.15, 0.2) is 0 Å². The van der Waals surface area contributed by atoms with Crippen LogP contribution in [0.4, 0.5) is 17.3 Å². The first-order valence-corrected chi connectivity index (χ1v) is 2.36. The Labute approximate surface area is 43.9 Å². The van der Waals surface area contributed by atoms with E-state index in [1.54, 1.807) is 0 Å². The van der Waals surface area contributed by atoms with Gasteiger partial charge in [0, 0.05) is 0 Å². The lowest BCUT2D eigenvalue weighted by molar-refractivity contribution is 0.425. The van der Waals surface area contributed by atoms with Gasteiger partial charge in [-0.15, -0.1) is 0 Å². The Kier molecular flexibility index (Phi) is 1.03. The fourth-order valence-electron chi connectivity index (χ4n) is 0.573. The van der Waals surface area contributed by atoms with Crippen molar-refractivity contribution >= 4 is 6.98 Å². The summed E-state index contributed by atoms with van der Waals surface area (Å²) in [5, 5.41) is 0. The molecule has 8 heavy (non-hydrogen) atoms. The molecule has 2 atom stereocenters. The zero-order valence-corrected chi connectivity index (χ0v) is 3.95. The van der Waals surface area contributed by atoms with Crippen LogP contribution >= 0.6 is 0 Å². The molecule has 0 aliphatic heterocycles. The molecule has 1 saturated carbocycles. The summed E-state index contributed by atoms with van der Waals surface area (Å²) in [7, 11) is 0. The van der Waals surface area contributed by atoms with Gasteiger partial charge in [-0.25, -0.2) is 0 Å². The Balaban J connectivity index is 2.39. The zero-order chi connectivity index (χ0) is 6.36. The highest BCUT2D eigenvalue weighted by atomic mass is 19.4. The van der Waals surface area contributed by atoms with E-state index in [-0.39, 0.29) is 6.42 Å². The van der Waals surface area contributed by atoms with Crippen molar-refractivity contribution < 1.29 is 17.3 Å². The van der Waals surface area contributed by atoms with E-state index >= 15 is 0 Å². The van der Waals surface area contributed by atoms with Gasteiger partial charge in [-0.1, -0.05) is 0 Å². The lowest BCUT2D eigenvalue weighted by Crippen LogP contribution is -2.15. The molecule has 48 valence electrons. The average molecular weight is 127 g/mol. The van der Waals surface area contributed by atoms with E-state index in [1.165, 1.54) is 0 Å². The molecule has 0 bridgehead atoms. The van der Waals surface area contributed by atoms with Gasteiger partial charge < -0.3 is 12.9 Å². The van der Waals surface area contributed by atoms with Gasteiger partial charge in [0.1, 0.15) is 0 Å². The third-order valence-corrected chi connectivity index (χ3v) is 1.24. The molecule has 0 aromatic carbocycles. The number of alkyl halides is 1. The fourth-order valence-corrected chi connectivity index (χ4v) is 0.573. The Hall–Kier alpha value is -0.215. The van der Waals surface area contributed by atoms with Crippen molar-refractivity contribution in [2.45, 2.75) is 18.4 Å². The molecule has 0 saturated heterocycles. The Morgan fingerprint density at radius 1 is 1.25 bits per heavy atom. The lowest BCUT2D eigenvalue weighted by atomic mass is 9.83. The Morgan fingerprint density at radius 2 is 1.62 bits per heavy atom. The quantitative estimate of drug-likeness (QED) is 0.373. The van der Waals surface area contributed by atoms with Crippen LogP contribution in [0.15, 0.2) is 0 Å². The van der Waals surface area contributed by atoms with Crippen LogP contribution < -0.4 is 0 Å². The highest BCUT2D eigenvalue weighted by Gasteiger charge is 2.51. The minimum Gasteiger partial charge on any atom is -0.449 e. The first kappa shape index (κ1) is 5.91. The molecule has 1 rings (SSSR count). The predicted octanol–water partition coefficient (Wildman–Crippen LogP) is 1.95. The summed E-state index contributed by atoms with van der Waals surface area (Å²) >= 11 is 0. The highest BCUT2D eigenvalue weighted by molar-refractivity contribution is 6.61. The Bertz CT molecular complexity index is 97.9. The standard InChI is InChI=1S/C3H4BF4/c5-3-1-2(3)4(6,7)8/h2-3H,1H2/q-1/t2-,3-/m1/s1. The van der Waals surface area contributed by atoms with Crippen LogP contribution in [0.1, 0.15) is 6.42 Å². The van der Waals surface area contributed by atoms with E-state index < -0.39 is 19.0 Å². The van der Waals surface area contributed by atoms with Gasteiger partial charge >= 0.3 is 6.98 Å². The molecule has 0 spiro atoms. The van der Waals surface area contributed by atoms with Crippen molar-refractivity contribution in [2.75, 3.05) is 0 Å². The van der Waals surface area contributed by atoms with Crippen LogP contribution in [0.2, 0.25) is 5.82 Å². The van der Waals surface area contributed by atoms with Crippen LogP contribution in [0.25, 0.3) is 0 Å². The zero-order valence-electron chi connectivity index (χ0n) is 3.95. The maximum Gasteiger partial charge on any atom is 0.484 e. The molecule has 0 unspecified atom stereocenters. The molecule has 0 amide bonds. The first-order valence-electron chi connectivity index (χ1n) is 2.36. The molecule has 1 aliphatic rings. The Morgan fingerprint density at radius 3 is 1.62 bits per heavy atom. The lowest BCUT2D eigenvalue weighted by Gasteiger charge is -2.09. The third-order valence-electron chi connectivity index (χ3n) is 1.24. The molecule has 0 heterocycles. The van der Waals surface area contributed by atoms with Crippen LogP contribution in [-0.4, -0.2) is 13.1 Å². The summed E-state index contributed by atoms with van der Waals surface area (Å²) in [4.78, 5) is 0. The molecule has 1 aliphatic carbocycles. The topological polar surface area (TPSA) is 0 Å². The van der Waals surface area contributed by atoms with Crippen molar-refractivity contribution in [3.05, 3.63) is 0 Å². The summed E-state index contributed by atoms with van der Waals surface area (Å²) in [6, 6.07) is 0. The first-order chi connectivity index (χ1) is 3.52. The molecule has 0 N–H and O–H groups in total. The van der Waals surface area contributed by atoms with Crippen molar-refractivity contribution in [1.29, 1.82) is 0 Å². The van der Waals surface area contributed by atoms with Crippen molar-refractivity contribution in [1.82, 2.24) is 0 Å². The summed E-state index contributed by atoms with van der Waals surface area (Å²) in [6.07, 6.45) is -1.89. The number of hydrogen-bond acceptors (Lipinski definition) is 0. The number of halogens is 4. The predicted molar refractivity (Wildman–Crippen MR) is 22.3 cm³/mol. The summed E-state index contributed by atoms with van der Waals surface area (Å²) < 4.78 is 45.5. The molecule has 1 fully saturated rings. The minimum atomic E-state index is -4.86. The normalized spacial score (nSPS) is 37.5. The van der Waals surface area contributed by atoms with Crippen molar-refractivity contribution in [2.24, 2.45) is 0 Å². The van der Waals surface area contributed by atoms with Gasteiger partial charge in [0.2, 0.25) is 0 Å². The van der Waals surface area contributed by atoms with Crippen LogP contribution in [0.5, 0.6) is 0 Å². The maximum atomic E-state index is 11.6. The minimum absolute atomic E-state index is 0.302. The smallest absolute Gasteiger partial charge is 0.449 e. The largest absolute Gasteiger partial charge is 0.484 e. The number of rotatable bonds is 1. The van der Waals surface area contributed by atoms with E-state index in [0.29, 0.717) is 0 Å². The van der Waals surface area contributed by atoms with Crippen molar-refractivity contribution in [3.63, 3.8) is 0 Å². The van der Waals surface area contributed by atoms with Crippen molar-refractivity contribution in [3.8, 4) is 0 Å². The molecule has 0 nitrogen and oxygen atoms in total. The molecule has 0 aromatic heterocycles. The molecule has 5 heteroatoms. The van der Waals surface area contributed by atoms with E-state index in [0.717, 1.165) is 0 Å². The summed E-state index contributed by atoms with van der Waals surface area (Å²) in [5.41, 5.74) is 0. The van der Waals surface area contributed by atoms with Gasteiger partial charge in [-0.3, -0.25) is 4.39 Å². The second-order valence-electron chi connectivity index (χ2n) is 2.04. The molecular formula is C3H4BF4-. The van der Waals surface area contributed by atoms with Gasteiger partial charge in [-0.05, 0) is 12.2 Å². The van der Waals surface area contributed by atoms with Crippen LogP contribution in [-0.2, 0) is 0 Å². The van der Waals surface area contributed by atoms with E-state index in [4.69, 9.17) is 0 Å². The second kappa shape index (κ2) is 1.39. The fraction of sp³-hybridized carbons (Fsp3) is 1.00. The SMILES string of the molecule is F[C@@H]1C[C@H]1[B-](F)(F)F. The highest BCUT2D eigenvalue weighted by Crippen LogP contribution is 2.49. The number of hydrogen-bond donors (Lipinski definition) is 0. The van der Waals surface area contributed by atoms with Gasteiger partial charge in [0.05, 0.1) is 6.17 Å². The monoisotopic (exact) mass is 127 g/mol. The summed E-state index contributed by atoms with van der Waals surface area (Å²) in [6.45, 7) is -4.86. The second-order valence-corrected chi connectivity index (χ2v) is 2.04. The van der Waals surface area contributed by atoms with E-state index in [1.807, 2.05) is 0 Å². The van der Waals surface area contributed by atoms with Crippen LogP contribution in [0.3, 0.4) is 0 Å². The average Bonchev–Trinajstić information content (AvgIpc) is 2.13. The molecular weight excluding hydrogens is 123 g/mol.